The summed E-state index contributed by atoms with van der Waals surface area (Å²) in [6, 6.07) is -2.66. The maximum absolute atomic E-state index is 14.3. The molecule has 2 rings (SSSR count). The molecule has 0 aromatic rings. The van der Waals surface area contributed by atoms with Gasteiger partial charge < -0.3 is 106 Å². The van der Waals surface area contributed by atoms with E-state index in [0.717, 1.165) is 76.5 Å². The third-order valence-electron chi connectivity index (χ3n) is 14.4. The van der Waals surface area contributed by atoms with Gasteiger partial charge in [0, 0.05) is 31.8 Å². The van der Waals surface area contributed by atoms with Gasteiger partial charge in [-0.3, -0.25) is 9.59 Å². The zero-order valence-corrected chi connectivity index (χ0v) is 54.8. The van der Waals surface area contributed by atoms with Crippen molar-refractivity contribution in [2.75, 3.05) is 205 Å². The van der Waals surface area contributed by atoms with Gasteiger partial charge in [-0.25, -0.2) is 0 Å². The number of carbonyl (C=O) groups is 2. The lowest BCUT2D eigenvalue weighted by Gasteiger charge is -2.47. The third-order valence-corrected chi connectivity index (χ3v) is 14.4. The normalized spacial score (nSPS) is 18.3. The van der Waals surface area contributed by atoms with Crippen molar-refractivity contribution in [2.24, 2.45) is 0 Å². The Hall–Kier alpha value is -2.38. The van der Waals surface area contributed by atoms with E-state index in [4.69, 9.17) is 75.8 Å². The van der Waals surface area contributed by atoms with Gasteiger partial charge in [0.15, 0.2) is 6.29 Å². The lowest BCUT2D eigenvalue weighted by molar-refractivity contribution is -0.273. The molecule has 0 radical (unpaired) electrons. The summed E-state index contributed by atoms with van der Waals surface area (Å²) in [6.07, 6.45) is 19.0. The second-order valence-electron chi connectivity index (χ2n) is 21.8. The van der Waals surface area contributed by atoms with Crippen molar-refractivity contribution in [1.29, 1.82) is 0 Å². The lowest BCUT2D eigenvalue weighted by Crippen LogP contribution is -2.68. The average molecular weight is 1280 g/mol. The van der Waals surface area contributed by atoms with Gasteiger partial charge in [0.1, 0.15) is 30.4 Å². The van der Waals surface area contributed by atoms with Crippen LogP contribution in [0.4, 0.5) is 0 Å². The molecule has 6 atom stereocenters. The van der Waals surface area contributed by atoms with Gasteiger partial charge in [0.2, 0.25) is 11.8 Å². The van der Waals surface area contributed by atoms with E-state index >= 15 is 0 Å². The van der Waals surface area contributed by atoms with Crippen molar-refractivity contribution in [3.8, 4) is 0 Å². The van der Waals surface area contributed by atoms with Crippen molar-refractivity contribution in [3.63, 3.8) is 0 Å². The standard InChI is InChI=1S/C65H122N2O22/c1-3-5-6-7-8-9-10-11-12-13-14-15-16-17-21-24-60(69)67(61-63(71)62(70)59(56-68)89-65(61)73)58(64(72)66-57-22-19-18-20-23-57)25-27-75-29-31-77-33-35-79-37-39-81-41-43-83-45-47-85-49-51-87-53-55-88-54-52-86-50-48-84-46-44-82-42-40-80-38-36-78-34-32-76-30-28-74-26-4-2/h11-12,22,58-59,61-63,65,68,70-71,73H,3-10,13-21,23-56H2,1-2H3,(H,66,72)/b12-11-/t58?,59?,61?,62-,63+,65-/m1/s1. The number of allylic oxidation sites excluding steroid dienone is 4. The van der Waals surface area contributed by atoms with Crippen LogP contribution < -0.4 is 5.32 Å². The van der Waals surface area contributed by atoms with Crippen LogP contribution in [0.1, 0.15) is 142 Å². The third kappa shape index (κ3) is 47.2. The van der Waals surface area contributed by atoms with Crippen LogP contribution >= 0.6 is 0 Å². The molecule has 0 saturated carbocycles. The lowest BCUT2D eigenvalue weighted by atomic mass is 9.93. The molecule has 3 unspecified atom stereocenters. The van der Waals surface area contributed by atoms with Crippen LogP contribution in [0.15, 0.2) is 23.9 Å². The second kappa shape index (κ2) is 63.0. The Bertz CT molecular complexity index is 1620. The first-order chi connectivity index (χ1) is 43.8. The van der Waals surface area contributed by atoms with Gasteiger partial charge in [-0.05, 0) is 64.2 Å². The fraction of sp³-hybridized carbons (Fsp3) is 0.908. The highest BCUT2D eigenvalue weighted by Crippen LogP contribution is 2.29. The molecular weight excluding hydrogens is 1160 g/mol. The van der Waals surface area contributed by atoms with E-state index in [-0.39, 0.29) is 32.7 Å². The van der Waals surface area contributed by atoms with Crippen molar-refractivity contribution >= 4 is 11.8 Å². The number of amides is 2. The van der Waals surface area contributed by atoms with Gasteiger partial charge in [0.05, 0.1) is 192 Å². The predicted molar refractivity (Wildman–Crippen MR) is 336 cm³/mol. The molecule has 1 saturated heterocycles. The van der Waals surface area contributed by atoms with Gasteiger partial charge in [-0.2, -0.15) is 0 Å². The molecule has 1 fully saturated rings. The van der Waals surface area contributed by atoms with Crippen molar-refractivity contribution in [1.82, 2.24) is 10.2 Å². The number of carbonyl (C=O) groups excluding carboxylic acids is 2. The fourth-order valence-corrected chi connectivity index (χ4v) is 9.52. The van der Waals surface area contributed by atoms with E-state index in [1.807, 2.05) is 6.08 Å². The minimum Gasteiger partial charge on any atom is -0.394 e. The molecule has 524 valence electrons. The minimum absolute atomic E-state index is 0.0302. The summed E-state index contributed by atoms with van der Waals surface area (Å²) in [5.41, 5.74) is 0.751. The smallest absolute Gasteiger partial charge is 0.247 e. The summed E-state index contributed by atoms with van der Waals surface area (Å²) in [5, 5.41) is 46.3. The van der Waals surface area contributed by atoms with E-state index in [1.165, 1.54) is 43.4 Å². The molecule has 1 heterocycles. The first-order valence-electron chi connectivity index (χ1n) is 33.8. The molecule has 89 heavy (non-hydrogen) atoms. The van der Waals surface area contributed by atoms with Crippen LogP contribution in [-0.4, -0.2) is 279 Å². The second-order valence-corrected chi connectivity index (χ2v) is 21.8. The quantitative estimate of drug-likeness (QED) is 0.0364. The number of aliphatic hydroxyl groups is 4. The first kappa shape index (κ1) is 82.7. The molecule has 0 aromatic heterocycles. The van der Waals surface area contributed by atoms with Gasteiger partial charge in [-0.15, -0.1) is 0 Å². The van der Waals surface area contributed by atoms with Crippen molar-refractivity contribution < 1.29 is 106 Å². The Kier molecular flexibility index (Phi) is 58.6. The molecule has 0 spiro atoms. The largest absolute Gasteiger partial charge is 0.394 e. The number of hydrogen-bond donors (Lipinski definition) is 5. The van der Waals surface area contributed by atoms with Crippen LogP contribution in [0.3, 0.4) is 0 Å². The molecule has 5 N–H and O–H groups in total. The van der Waals surface area contributed by atoms with E-state index in [9.17, 15) is 30.0 Å². The highest BCUT2D eigenvalue weighted by atomic mass is 16.6. The summed E-state index contributed by atoms with van der Waals surface area (Å²) < 4.78 is 88.8. The summed E-state index contributed by atoms with van der Waals surface area (Å²) in [6.45, 7) is 17.2. The number of unbranched alkanes of at least 4 members (excludes halogenated alkanes) is 11. The van der Waals surface area contributed by atoms with Crippen LogP contribution in [0, 0.1) is 0 Å². The van der Waals surface area contributed by atoms with E-state index in [2.05, 4.69) is 31.3 Å². The molecular formula is C65H122N2O22. The van der Waals surface area contributed by atoms with Crippen LogP contribution in [0.2, 0.25) is 0 Å². The molecule has 24 nitrogen and oxygen atoms in total. The molecule has 24 heteroatoms. The van der Waals surface area contributed by atoms with Gasteiger partial charge >= 0.3 is 0 Å². The summed E-state index contributed by atoms with van der Waals surface area (Å²) in [7, 11) is 0. The zero-order chi connectivity index (χ0) is 64.0. The molecule has 1 aliphatic heterocycles. The number of ether oxygens (including phenoxy) is 16. The highest BCUT2D eigenvalue weighted by molar-refractivity contribution is 5.89. The van der Waals surface area contributed by atoms with E-state index in [0.29, 0.717) is 185 Å². The number of aliphatic hydroxyl groups excluding tert-OH is 4. The van der Waals surface area contributed by atoms with Crippen LogP contribution in [0.5, 0.6) is 0 Å². The monoisotopic (exact) mass is 1280 g/mol. The summed E-state index contributed by atoms with van der Waals surface area (Å²) in [5.74, 6) is -0.945. The average Bonchev–Trinajstić information content (AvgIpc) is 1.37. The Balaban J connectivity index is 1.48. The summed E-state index contributed by atoms with van der Waals surface area (Å²) in [4.78, 5) is 29.7. The van der Waals surface area contributed by atoms with Crippen molar-refractivity contribution in [3.05, 3.63) is 23.9 Å². The summed E-state index contributed by atoms with van der Waals surface area (Å²) >= 11 is 0. The maximum Gasteiger partial charge on any atom is 0.247 e. The van der Waals surface area contributed by atoms with Crippen molar-refractivity contribution in [2.45, 2.75) is 179 Å². The highest BCUT2D eigenvalue weighted by Gasteiger charge is 2.50. The van der Waals surface area contributed by atoms with Gasteiger partial charge in [0.25, 0.3) is 0 Å². The SMILES string of the molecule is CCCCCCCC/C=C\CCCCCCCC(=O)N(C(CCOCCOCCOCCOCCOCCOCCOCCOCCOCCOCCOCCOCCOCCOCCOCCC)C(=O)NC1=CCCCC1)C1[C@H](O)OC(CO)[C@@H](O)[C@H]1O. The first-order valence-corrected chi connectivity index (χ1v) is 33.8. The Labute approximate surface area is 533 Å². The van der Waals surface area contributed by atoms with Gasteiger partial charge in [-0.1, -0.05) is 83.4 Å². The van der Waals surface area contributed by atoms with E-state index < -0.39 is 55.1 Å². The Morgan fingerprint density at radius 2 is 0.843 bits per heavy atom. The Morgan fingerprint density at radius 1 is 0.483 bits per heavy atom. The molecule has 0 aromatic carbocycles. The zero-order valence-electron chi connectivity index (χ0n) is 54.8. The number of nitrogens with one attached hydrogen (secondary N) is 1. The Morgan fingerprint density at radius 3 is 1.20 bits per heavy atom. The van der Waals surface area contributed by atoms with E-state index in [1.54, 1.807) is 0 Å². The fourth-order valence-electron chi connectivity index (χ4n) is 9.52. The molecule has 2 aliphatic rings. The maximum atomic E-state index is 14.3. The number of nitrogens with zero attached hydrogens (tertiary/aromatic N) is 1. The predicted octanol–water partition coefficient (Wildman–Crippen LogP) is 5.64. The van der Waals surface area contributed by atoms with Crippen LogP contribution in [-0.2, 0) is 85.4 Å². The topological polar surface area (TPSA) is 278 Å². The minimum atomic E-state index is -1.78. The van der Waals surface area contributed by atoms with Crippen LogP contribution in [0.25, 0.3) is 0 Å². The molecule has 1 aliphatic carbocycles. The number of rotatable bonds is 67. The molecule has 2 amide bonds. The number of hydrogen-bond acceptors (Lipinski definition) is 22. The molecule has 0 bridgehead atoms.